The second-order valence-corrected chi connectivity index (χ2v) is 7.27. The summed E-state index contributed by atoms with van der Waals surface area (Å²) in [6, 6.07) is 9.65. The number of nitrogens with zero attached hydrogens (tertiary/aromatic N) is 1. The number of carbonyl (C=O) groups excluding carboxylic acids is 1. The van der Waals surface area contributed by atoms with E-state index in [9.17, 15) is 4.79 Å². The SMILES string of the molecule is C[C@H](CCO)SCC(=O)N[C@H](c1ccccc1)c1nccs1. The molecule has 4 nitrogen and oxygen atoms in total. The maximum absolute atomic E-state index is 12.2. The second kappa shape index (κ2) is 8.92. The molecule has 0 unspecified atom stereocenters. The number of hydrogen-bond acceptors (Lipinski definition) is 5. The van der Waals surface area contributed by atoms with E-state index in [4.69, 9.17) is 5.11 Å². The summed E-state index contributed by atoms with van der Waals surface area (Å²) in [5.41, 5.74) is 1.03. The number of carbonyl (C=O) groups is 1. The molecule has 1 amide bonds. The molecule has 118 valence electrons. The molecule has 0 radical (unpaired) electrons. The summed E-state index contributed by atoms with van der Waals surface area (Å²) in [6.07, 6.45) is 2.45. The standard InChI is InChI=1S/C16H20N2O2S2/c1-12(7-9-19)22-11-14(20)18-15(16-17-8-10-21-16)13-5-3-2-4-6-13/h2-6,8,10,12,15,19H,7,9,11H2,1H3,(H,18,20)/t12-,15-/m1/s1. The molecule has 0 saturated heterocycles. The zero-order valence-electron chi connectivity index (χ0n) is 12.4. The van der Waals surface area contributed by atoms with Crippen molar-refractivity contribution in [3.63, 3.8) is 0 Å². The molecule has 2 N–H and O–H groups in total. The lowest BCUT2D eigenvalue weighted by Gasteiger charge is -2.17. The normalized spacial score (nSPS) is 13.5. The van der Waals surface area contributed by atoms with E-state index in [-0.39, 0.29) is 23.8 Å². The fraction of sp³-hybridized carbons (Fsp3) is 0.375. The Kier molecular flexibility index (Phi) is 6.89. The molecule has 0 fully saturated rings. The van der Waals surface area contributed by atoms with Crippen LogP contribution in [0.3, 0.4) is 0 Å². The Balaban J connectivity index is 2.00. The number of aliphatic hydroxyl groups is 1. The predicted octanol–water partition coefficient (Wildman–Crippen LogP) is 2.85. The Hall–Kier alpha value is -1.37. The van der Waals surface area contributed by atoms with E-state index < -0.39 is 0 Å². The van der Waals surface area contributed by atoms with Crippen LogP contribution in [0, 0.1) is 0 Å². The number of thioether (sulfide) groups is 1. The highest BCUT2D eigenvalue weighted by Gasteiger charge is 2.19. The molecule has 1 aromatic carbocycles. The third kappa shape index (κ3) is 5.12. The van der Waals surface area contributed by atoms with Gasteiger partial charge in [0.1, 0.15) is 11.0 Å². The first-order valence-electron chi connectivity index (χ1n) is 7.17. The molecular weight excluding hydrogens is 316 g/mol. The topological polar surface area (TPSA) is 62.2 Å². The highest BCUT2D eigenvalue weighted by Crippen LogP contribution is 2.24. The van der Waals surface area contributed by atoms with Crippen molar-refractivity contribution < 1.29 is 9.90 Å². The molecule has 2 aromatic rings. The van der Waals surface area contributed by atoms with E-state index in [2.05, 4.69) is 10.3 Å². The molecule has 0 saturated carbocycles. The van der Waals surface area contributed by atoms with Gasteiger partial charge >= 0.3 is 0 Å². The van der Waals surface area contributed by atoms with Crippen molar-refractivity contribution in [2.45, 2.75) is 24.6 Å². The third-order valence-corrected chi connectivity index (χ3v) is 5.25. The number of amides is 1. The molecule has 0 spiro atoms. The maximum Gasteiger partial charge on any atom is 0.230 e. The molecule has 0 aliphatic heterocycles. The van der Waals surface area contributed by atoms with Crippen molar-refractivity contribution >= 4 is 29.0 Å². The van der Waals surface area contributed by atoms with E-state index in [1.54, 1.807) is 18.0 Å². The number of rotatable bonds is 8. The Morgan fingerprint density at radius 3 is 2.82 bits per heavy atom. The Bertz CT molecular complexity index is 561. The van der Waals surface area contributed by atoms with Crippen LogP contribution < -0.4 is 5.32 Å². The Morgan fingerprint density at radius 1 is 1.41 bits per heavy atom. The van der Waals surface area contributed by atoms with Gasteiger partial charge in [0.25, 0.3) is 0 Å². The van der Waals surface area contributed by atoms with Crippen LogP contribution in [0.25, 0.3) is 0 Å². The molecule has 1 aromatic heterocycles. The lowest BCUT2D eigenvalue weighted by atomic mass is 10.1. The molecule has 0 aliphatic carbocycles. The number of thiazole rings is 1. The van der Waals surface area contributed by atoms with E-state index >= 15 is 0 Å². The molecule has 0 bridgehead atoms. The number of nitrogens with one attached hydrogen (secondary N) is 1. The summed E-state index contributed by atoms with van der Waals surface area (Å²) in [5.74, 6) is 0.370. The molecule has 2 rings (SSSR count). The number of aliphatic hydroxyl groups excluding tert-OH is 1. The van der Waals surface area contributed by atoms with Gasteiger partial charge in [-0.05, 0) is 12.0 Å². The highest BCUT2D eigenvalue weighted by atomic mass is 32.2. The van der Waals surface area contributed by atoms with Crippen LogP contribution in [0.1, 0.15) is 30.0 Å². The van der Waals surface area contributed by atoms with Gasteiger partial charge in [0.2, 0.25) is 5.91 Å². The summed E-state index contributed by atoms with van der Waals surface area (Å²) in [4.78, 5) is 16.5. The fourth-order valence-electron chi connectivity index (χ4n) is 2.00. The van der Waals surface area contributed by atoms with Crippen LogP contribution in [0.15, 0.2) is 41.9 Å². The summed E-state index contributed by atoms with van der Waals surface area (Å²) in [5, 5.41) is 15.0. The number of benzene rings is 1. The quantitative estimate of drug-likeness (QED) is 0.778. The van der Waals surface area contributed by atoms with Crippen molar-refractivity contribution in [1.29, 1.82) is 0 Å². The predicted molar refractivity (Wildman–Crippen MR) is 92.2 cm³/mol. The minimum Gasteiger partial charge on any atom is -0.396 e. The maximum atomic E-state index is 12.2. The zero-order chi connectivity index (χ0) is 15.8. The molecule has 2 atom stereocenters. The molecule has 0 aliphatic rings. The van der Waals surface area contributed by atoms with Gasteiger partial charge in [-0.2, -0.15) is 0 Å². The number of aromatic nitrogens is 1. The summed E-state index contributed by atoms with van der Waals surface area (Å²) in [6.45, 7) is 2.17. The molecular formula is C16H20N2O2S2. The average Bonchev–Trinajstić information content (AvgIpc) is 3.06. The van der Waals surface area contributed by atoms with Gasteiger partial charge in [-0.15, -0.1) is 23.1 Å². The van der Waals surface area contributed by atoms with Gasteiger partial charge in [-0.1, -0.05) is 37.3 Å². The van der Waals surface area contributed by atoms with Crippen molar-refractivity contribution in [2.75, 3.05) is 12.4 Å². The van der Waals surface area contributed by atoms with Crippen molar-refractivity contribution in [3.05, 3.63) is 52.5 Å². The van der Waals surface area contributed by atoms with Gasteiger partial charge in [-0.3, -0.25) is 4.79 Å². The van der Waals surface area contributed by atoms with Gasteiger partial charge in [0.15, 0.2) is 0 Å². The van der Waals surface area contributed by atoms with Gasteiger partial charge in [0, 0.05) is 23.4 Å². The summed E-state index contributed by atoms with van der Waals surface area (Å²) < 4.78 is 0. The molecule has 1 heterocycles. The van der Waals surface area contributed by atoms with E-state index in [1.165, 1.54) is 11.3 Å². The smallest absolute Gasteiger partial charge is 0.230 e. The third-order valence-electron chi connectivity index (χ3n) is 3.17. The Labute approximate surface area is 139 Å². The molecule has 6 heteroatoms. The van der Waals surface area contributed by atoms with Crippen molar-refractivity contribution in [1.82, 2.24) is 10.3 Å². The lowest BCUT2D eigenvalue weighted by molar-refractivity contribution is -0.119. The average molecular weight is 336 g/mol. The van der Waals surface area contributed by atoms with Crippen LogP contribution in [0.5, 0.6) is 0 Å². The van der Waals surface area contributed by atoms with Gasteiger partial charge in [-0.25, -0.2) is 4.98 Å². The summed E-state index contributed by atoms with van der Waals surface area (Å²) in [7, 11) is 0. The highest BCUT2D eigenvalue weighted by molar-refractivity contribution is 8.00. The van der Waals surface area contributed by atoms with Gasteiger partial charge < -0.3 is 10.4 Å². The van der Waals surface area contributed by atoms with Crippen LogP contribution in [-0.2, 0) is 4.79 Å². The van der Waals surface area contributed by atoms with Gasteiger partial charge in [0.05, 0.1) is 5.75 Å². The Morgan fingerprint density at radius 2 is 2.18 bits per heavy atom. The lowest BCUT2D eigenvalue weighted by Crippen LogP contribution is -2.31. The van der Waals surface area contributed by atoms with Crippen molar-refractivity contribution in [3.8, 4) is 0 Å². The minimum absolute atomic E-state index is 0.0150. The van der Waals surface area contributed by atoms with E-state index in [0.717, 1.165) is 10.6 Å². The first-order valence-corrected chi connectivity index (χ1v) is 9.09. The van der Waals surface area contributed by atoms with E-state index in [1.807, 2.05) is 42.6 Å². The zero-order valence-corrected chi connectivity index (χ0v) is 14.1. The van der Waals surface area contributed by atoms with E-state index in [0.29, 0.717) is 12.2 Å². The van der Waals surface area contributed by atoms with Crippen LogP contribution >= 0.6 is 23.1 Å². The number of hydrogen-bond donors (Lipinski definition) is 2. The van der Waals surface area contributed by atoms with Crippen molar-refractivity contribution in [2.24, 2.45) is 0 Å². The first kappa shape index (κ1) is 17.0. The first-order chi connectivity index (χ1) is 10.7. The monoisotopic (exact) mass is 336 g/mol. The summed E-state index contributed by atoms with van der Waals surface area (Å²) >= 11 is 3.09. The fourth-order valence-corrected chi connectivity index (χ4v) is 3.50. The largest absolute Gasteiger partial charge is 0.396 e. The van der Waals surface area contributed by atoms with Crippen LogP contribution in [-0.4, -0.2) is 33.6 Å². The van der Waals surface area contributed by atoms with Crippen LogP contribution in [0.2, 0.25) is 0 Å². The van der Waals surface area contributed by atoms with Crippen LogP contribution in [0.4, 0.5) is 0 Å². The minimum atomic E-state index is -0.206. The molecule has 22 heavy (non-hydrogen) atoms. The second-order valence-electron chi connectivity index (χ2n) is 4.92.